The third-order valence-corrected chi connectivity index (χ3v) is 3.69. The molecule has 0 bridgehead atoms. The predicted molar refractivity (Wildman–Crippen MR) is 82.0 cm³/mol. The molecule has 0 heterocycles. The second-order valence-corrected chi connectivity index (χ2v) is 5.39. The molecule has 0 atom stereocenters. The molecule has 0 aliphatic carbocycles. The van der Waals surface area contributed by atoms with Crippen LogP contribution in [0.1, 0.15) is 15.9 Å². The van der Waals surface area contributed by atoms with E-state index in [9.17, 15) is 14.9 Å². The fourth-order valence-corrected chi connectivity index (χ4v) is 2.37. The van der Waals surface area contributed by atoms with Crippen LogP contribution in [-0.2, 0) is 6.61 Å². The number of aldehydes is 1. The summed E-state index contributed by atoms with van der Waals surface area (Å²) in [6, 6.07) is 9.13. The van der Waals surface area contributed by atoms with E-state index < -0.39 is 4.92 Å². The van der Waals surface area contributed by atoms with Gasteiger partial charge in [-0.05, 0) is 40.2 Å². The fraction of sp³-hybridized carbons (Fsp3) is 0.0714. The maximum atomic E-state index is 10.6. The van der Waals surface area contributed by atoms with Crippen LogP contribution in [0.15, 0.2) is 40.9 Å². The zero-order valence-corrected chi connectivity index (χ0v) is 12.9. The summed E-state index contributed by atoms with van der Waals surface area (Å²) in [5.41, 5.74) is 1.09. The maximum absolute atomic E-state index is 10.6. The molecule has 0 saturated carbocycles. The van der Waals surface area contributed by atoms with Crippen molar-refractivity contribution in [1.82, 2.24) is 0 Å². The van der Waals surface area contributed by atoms with Crippen molar-refractivity contribution in [3.63, 3.8) is 0 Å². The Labute approximate surface area is 133 Å². The van der Waals surface area contributed by atoms with Gasteiger partial charge in [0.2, 0.25) is 0 Å². The fourth-order valence-electron chi connectivity index (χ4n) is 1.63. The minimum atomic E-state index is -0.509. The van der Waals surface area contributed by atoms with E-state index in [0.717, 1.165) is 6.29 Å². The maximum Gasteiger partial charge on any atom is 0.270 e. The zero-order valence-electron chi connectivity index (χ0n) is 10.6. The number of halogens is 2. The highest BCUT2D eigenvalue weighted by Gasteiger charge is 2.10. The van der Waals surface area contributed by atoms with Gasteiger partial charge in [0.25, 0.3) is 5.69 Å². The highest BCUT2D eigenvalue weighted by molar-refractivity contribution is 9.10. The molecule has 0 aromatic heterocycles. The minimum Gasteiger partial charge on any atom is -0.488 e. The largest absolute Gasteiger partial charge is 0.488 e. The van der Waals surface area contributed by atoms with Crippen molar-refractivity contribution < 1.29 is 14.5 Å². The van der Waals surface area contributed by atoms with Crippen LogP contribution in [-0.4, -0.2) is 11.2 Å². The van der Waals surface area contributed by atoms with E-state index in [4.69, 9.17) is 16.3 Å². The van der Waals surface area contributed by atoms with Gasteiger partial charge in [-0.25, -0.2) is 0 Å². The highest BCUT2D eigenvalue weighted by Crippen LogP contribution is 2.28. The van der Waals surface area contributed by atoms with Gasteiger partial charge in [0.1, 0.15) is 18.6 Å². The van der Waals surface area contributed by atoms with E-state index in [1.54, 1.807) is 24.3 Å². The summed E-state index contributed by atoms with van der Waals surface area (Å²) >= 11 is 9.29. The van der Waals surface area contributed by atoms with Gasteiger partial charge in [0.05, 0.1) is 14.4 Å². The number of carbonyl (C=O) groups excluding carboxylic acids is 1. The summed E-state index contributed by atoms with van der Waals surface area (Å²) in [7, 11) is 0. The van der Waals surface area contributed by atoms with Crippen LogP contribution in [0.25, 0.3) is 0 Å². The zero-order chi connectivity index (χ0) is 15.4. The molecule has 0 unspecified atom stereocenters. The number of hydrogen-bond acceptors (Lipinski definition) is 4. The molecule has 2 rings (SSSR count). The normalized spacial score (nSPS) is 10.2. The summed E-state index contributed by atoms with van der Waals surface area (Å²) < 4.78 is 6.23. The lowest BCUT2D eigenvalue weighted by Crippen LogP contribution is -1.98. The van der Waals surface area contributed by atoms with Crippen LogP contribution in [0.2, 0.25) is 5.02 Å². The highest BCUT2D eigenvalue weighted by atomic mass is 79.9. The summed E-state index contributed by atoms with van der Waals surface area (Å²) in [5.74, 6) is 0.551. The standard InChI is InChI=1S/C14H9BrClNO4/c15-12-5-9(7-18)1-4-14(12)21-8-10-2-3-11(17(19)20)6-13(10)16/h1-7H,8H2. The molecule has 0 spiro atoms. The van der Waals surface area contributed by atoms with E-state index in [2.05, 4.69) is 15.9 Å². The average Bonchev–Trinajstić information content (AvgIpc) is 2.46. The van der Waals surface area contributed by atoms with Gasteiger partial charge in [-0.15, -0.1) is 0 Å². The third-order valence-electron chi connectivity index (χ3n) is 2.72. The molecule has 7 heteroatoms. The number of nitrogens with zero attached hydrogens (tertiary/aromatic N) is 1. The third kappa shape index (κ3) is 3.80. The lowest BCUT2D eigenvalue weighted by atomic mass is 10.2. The van der Waals surface area contributed by atoms with Crippen LogP contribution in [0.5, 0.6) is 5.75 Å². The Bertz CT molecular complexity index is 705. The SMILES string of the molecule is O=Cc1ccc(OCc2ccc([N+](=O)[O-])cc2Cl)c(Br)c1. The van der Waals surface area contributed by atoms with Gasteiger partial charge in [-0.2, -0.15) is 0 Å². The van der Waals surface area contributed by atoms with Crippen molar-refractivity contribution in [2.75, 3.05) is 0 Å². The van der Waals surface area contributed by atoms with Gasteiger partial charge in [-0.3, -0.25) is 14.9 Å². The topological polar surface area (TPSA) is 69.4 Å². The number of nitro benzene ring substituents is 1. The summed E-state index contributed by atoms with van der Waals surface area (Å²) in [5, 5.41) is 10.9. The molecule has 21 heavy (non-hydrogen) atoms. The number of ether oxygens (including phenoxy) is 1. The first-order chi connectivity index (χ1) is 10.0. The number of rotatable bonds is 5. The molecule has 2 aromatic carbocycles. The Balaban J connectivity index is 2.13. The molecule has 0 fully saturated rings. The van der Waals surface area contributed by atoms with Crippen LogP contribution >= 0.6 is 27.5 Å². The second kappa shape index (κ2) is 6.69. The van der Waals surface area contributed by atoms with E-state index in [1.807, 2.05) is 0 Å². The molecule has 0 radical (unpaired) electrons. The van der Waals surface area contributed by atoms with Crippen molar-refractivity contribution in [3.8, 4) is 5.75 Å². The summed E-state index contributed by atoms with van der Waals surface area (Å²) in [6.07, 6.45) is 0.738. The van der Waals surface area contributed by atoms with Crippen molar-refractivity contribution >= 4 is 39.5 Å². The Morgan fingerprint density at radius 3 is 2.62 bits per heavy atom. The minimum absolute atomic E-state index is 0.0692. The molecule has 108 valence electrons. The van der Waals surface area contributed by atoms with Gasteiger partial charge in [-0.1, -0.05) is 11.6 Å². The van der Waals surface area contributed by atoms with Crippen molar-refractivity contribution in [2.45, 2.75) is 6.61 Å². The van der Waals surface area contributed by atoms with Crippen molar-refractivity contribution in [3.05, 3.63) is 67.1 Å². The number of non-ortho nitro benzene ring substituents is 1. The van der Waals surface area contributed by atoms with Gasteiger partial charge in [0.15, 0.2) is 0 Å². The van der Waals surface area contributed by atoms with E-state index in [1.165, 1.54) is 12.1 Å². The molecule has 5 nitrogen and oxygen atoms in total. The van der Waals surface area contributed by atoms with Gasteiger partial charge in [0, 0.05) is 23.3 Å². The molecule has 0 aliphatic heterocycles. The van der Waals surface area contributed by atoms with E-state index >= 15 is 0 Å². The van der Waals surface area contributed by atoms with Crippen LogP contribution in [0.3, 0.4) is 0 Å². The Morgan fingerprint density at radius 2 is 2.05 bits per heavy atom. The lowest BCUT2D eigenvalue weighted by Gasteiger charge is -2.09. The number of carbonyl (C=O) groups is 1. The van der Waals surface area contributed by atoms with E-state index in [-0.39, 0.29) is 17.3 Å². The predicted octanol–water partition coefficient (Wildman–Crippen LogP) is 4.40. The number of hydrogen-bond donors (Lipinski definition) is 0. The molecule has 0 saturated heterocycles. The Hall–Kier alpha value is -1.92. The van der Waals surface area contributed by atoms with Gasteiger partial charge >= 0.3 is 0 Å². The average molecular weight is 371 g/mol. The first-order valence-electron chi connectivity index (χ1n) is 5.81. The smallest absolute Gasteiger partial charge is 0.270 e. The second-order valence-electron chi connectivity index (χ2n) is 4.13. The molecular weight excluding hydrogens is 362 g/mol. The van der Waals surface area contributed by atoms with Crippen molar-refractivity contribution in [1.29, 1.82) is 0 Å². The van der Waals surface area contributed by atoms with E-state index in [0.29, 0.717) is 21.3 Å². The molecule has 0 amide bonds. The lowest BCUT2D eigenvalue weighted by molar-refractivity contribution is -0.384. The molecule has 2 aromatic rings. The summed E-state index contributed by atoms with van der Waals surface area (Å²) in [6.45, 7) is 0.163. The van der Waals surface area contributed by atoms with Crippen LogP contribution < -0.4 is 4.74 Å². The number of benzene rings is 2. The molecule has 0 N–H and O–H groups in total. The number of nitro groups is 1. The van der Waals surface area contributed by atoms with Crippen LogP contribution in [0, 0.1) is 10.1 Å². The molecular formula is C14H9BrClNO4. The molecule has 0 aliphatic rings. The first-order valence-corrected chi connectivity index (χ1v) is 6.98. The summed E-state index contributed by atoms with van der Waals surface area (Å²) in [4.78, 5) is 20.8. The Morgan fingerprint density at radius 1 is 1.29 bits per heavy atom. The monoisotopic (exact) mass is 369 g/mol. The van der Waals surface area contributed by atoms with Gasteiger partial charge < -0.3 is 4.74 Å². The van der Waals surface area contributed by atoms with Crippen molar-refractivity contribution in [2.24, 2.45) is 0 Å². The quantitative estimate of drug-likeness (QED) is 0.444. The Kier molecular flexibility index (Phi) is 4.93. The first kappa shape index (κ1) is 15.5. The van der Waals surface area contributed by atoms with Crippen LogP contribution in [0.4, 0.5) is 5.69 Å².